The van der Waals surface area contributed by atoms with E-state index in [0.29, 0.717) is 11.3 Å². The van der Waals surface area contributed by atoms with Crippen molar-refractivity contribution < 1.29 is 4.74 Å². The summed E-state index contributed by atoms with van der Waals surface area (Å²) in [5.41, 5.74) is 0. The van der Waals surface area contributed by atoms with Crippen LogP contribution in [-0.2, 0) is 4.74 Å². The average Bonchev–Trinajstić information content (AvgIpc) is 2.37. The molecule has 4 heteroatoms. The van der Waals surface area contributed by atoms with E-state index in [-0.39, 0.29) is 0 Å². The van der Waals surface area contributed by atoms with Crippen LogP contribution >= 0.6 is 11.8 Å². The SMILES string of the molecule is COC1=NC2CCNCCC2S1. The number of methoxy groups -OCH3 is 1. The highest BCUT2D eigenvalue weighted by Gasteiger charge is 2.31. The van der Waals surface area contributed by atoms with Crippen LogP contribution in [0.25, 0.3) is 0 Å². The van der Waals surface area contributed by atoms with Gasteiger partial charge in [0.15, 0.2) is 0 Å². The second-order valence-corrected chi connectivity index (χ2v) is 4.34. The Morgan fingerprint density at radius 1 is 1.50 bits per heavy atom. The lowest BCUT2D eigenvalue weighted by Crippen LogP contribution is -2.16. The summed E-state index contributed by atoms with van der Waals surface area (Å²) in [4.78, 5) is 4.51. The Morgan fingerprint density at radius 3 is 3.17 bits per heavy atom. The third-order valence-corrected chi connectivity index (χ3v) is 3.68. The number of hydrogen-bond acceptors (Lipinski definition) is 4. The van der Waals surface area contributed by atoms with E-state index in [0.717, 1.165) is 24.7 Å². The monoisotopic (exact) mass is 186 g/mol. The zero-order valence-electron chi connectivity index (χ0n) is 7.25. The van der Waals surface area contributed by atoms with Gasteiger partial charge in [0.05, 0.1) is 13.2 Å². The molecule has 2 aliphatic heterocycles. The maximum atomic E-state index is 5.14. The van der Waals surface area contributed by atoms with Crippen LogP contribution in [0.5, 0.6) is 0 Å². The van der Waals surface area contributed by atoms with Crippen molar-refractivity contribution >= 4 is 17.0 Å². The molecule has 0 aromatic heterocycles. The number of nitrogens with zero attached hydrogens (tertiary/aromatic N) is 1. The highest BCUT2D eigenvalue weighted by Crippen LogP contribution is 2.32. The van der Waals surface area contributed by atoms with Crippen molar-refractivity contribution in [2.24, 2.45) is 4.99 Å². The van der Waals surface area contributed by atoms with Crippen molar-refractivity contribution in [3.05, 3.63) is 0 Å². The number of fused-ring (bicyclic) bond motifs is 1. The third-order valence-electron chi connectivity index (χ3n) is 2.35. The van der Waals surface area contributed by atoms with Crippen LogP contribution in [0.2, 0.25) is 0 Å². The topological polar surface area (TPSA) is 33.6 Å². The molecule has 1 N–H and O–H groups in total. The van der Waals surface area contributed by atoms with Gasteiger partial charge in [-0.25, -0.2) is 4.99 Å². The van der Waals surface area contributed by atoms with Crippen LogP contribution in [0, 0.1) is 0 Å². The standard InChI is InChI=1S/C8H14N2OS/c1-11-8-10-6-2-4-9-5-3-7(6)12-8/h6-7,9H,2-5H2,1H3. The molecule has 68 valence electrons. The minimum atomic E-state index is 0.500. The van der Waals surface area contributed by atoms with Crippen molar-refractivity contribution in [2.45, 2.75) is 24.1 Å². The smallest absolute Gasteiger partial charge is 0.246 e. The van der Waals surface area contributed by atoms with E-state index in [1.165, 1.54) is 6.42 Å². The van der Waals surface area contributed by atoms with Crippen molar-refractivity contribution in [1.82, 2.24) is 5.32 Å². The first-order chi connectivity index (χ1) is 5.90. The lowest BCUT2D eigenvalue weighted by atomic mass is 10.1. The highest BCUT2D eigenvalue weighted by atomic mass is 32.2. The fraction of sp³-hybridized carbons (Fsp3) is 0.875. The summed E-state index contributed by atoms with van der Waals surface area (Å²) in [5, 5.41) is 4.93. The molecule has 0 amide bonds. The molecule has 2 unspecified atom stereocenters. The van der Waals surface area contributed by atoms with Crippen LogP contribution in [-0.4, -0.2) is 36.7 Å². The molecule has 3 nitrogen and oxygen atoms in total. The molecule has 1 saturated heterocycles. The predicted octanol–water partition coefficient (Wildman–Crippen LogP) is 0.856. The van der Waals surface area contributed by atoms with E-state index in [9.17, 15) is 0 Å². The first-order valence-electron chi connectivity index (χ1n) is 4.39. The van der Waals surface area contributed by atoms with Crippen molar-refractivity contribution in [3.63, 3.8) is 0 Å². The summed E-state index contributed by atoms with van der Waals surface area (Å²) in [7, 11) is 1.70. The van der Waals surface area contributed by atoms with E-state index >= 15 is 0 Å². The fourth-order valence-electron chi connectivity index (χ4n) is 1.68. The van der Waals surface area contributed by atoms with E-state index in [4.69, 9.17) is 4.74 Å². The molecule has 2 aliphatic rings. The molecule has 0 aromatic rings. The minimum Gasteiger partial charge on any atom is -0.476 e. The zero-order chi connectivity index (χ0) is 8.39. The number of hydrogen-bond donors (Lipinski definition) is 1. The van der Waals surface area contributed by atoms with E-state index in [1.54, 1.807) is 18.9 Å². The lowest BCUT2D eigenvalue weighted by Gasteiger charge is -2.10. The quantitative estimate of drug-likeness (QED) is 0.609. The van der Waals surface area contributed by atoms with Crippen LogP contribution in [0.3, 0.4) is 0 Å². The molecule has 0 bridgehead atoms. The van der Waals surface area contributed by atoms with Gasteiger partial charge >= 0.3 is 0 Å². The highest BCUT2D eigenvalue weighted by molar-refractivity contribution is 8.14. The first kappa shape index (κ1) is 8.38. The summed E-state index contributed by atoms with van der Waals surface area (Å²) in [6.07, 6.45) is 2.37. The summed E-state index contributed by atoms with van der Waals surface area (Å²) < 4.78 is 5.14. The Kier molecular flexibility index (Phi) is 2.56. The van der Waals surface area contributed by atoms with Gasteiger partial charge in [0.1, 0.15) is 0 Å². The summed E-state index contributed by atoms with van der Waals surface area (Å²) in [6, 6.07) is 0.500. The summed E-state index contributed by atoms with van der Waals surface area (Å²) >= 11 is 1.80. The van der Waals surface area contributed by atoms with Gasteiger partial charge in [0.2, 0.25) is 5.23 Å². The maximum Gasteiger partial charge on any atom is 0.246 e. The van der Waals surface area contributed by atoms with E-state index in [2.05, 4.69) is 10.3 Å². The normalized spacial score (nSPS) is 35.2. The summed E-state index contributed by atoms with van der Waals surface area (Å²) in [5.74, 6) is 0. The molecule has 0 aliphatic carbocycles. The lowest BCUT2D eigenvalue weighted by molar-refractivity contribution is 0.413. The van der Waals surface area contributed by atoms with Crippen molar-refractivity contribution in [2.75, 3.05) is 20.2 Å². The van der Waals surface area contributed by atoms with Gasteiger partial charge in [-0.1, -0.05) is 11.8 Å². The minimum absolute atomic E-state index is 0.500. The van der Waals surface area contributed by atoms with Gasteiger partial charge in [-0.2, -0.15) is 0 Å². The van der Waals surface area contributed by atoms with E-state index in [1.807, 2.05) is 0 Å². The Balaban J connectivity index is 2.01. The number of nitrogens with one attached hydrogen (secondary N) is 1. The van der Waals surface area contributed by atoms with Gasteiger partial charge in [0.25, 0.3) is 0 Å². The Morgan fingerprint density at radius 2 is 2.33 bits per heavy atom. The molecule has 0 aromatic carbocycles. The molecule has 0 saturated carbocycles. The Bertz CT molecular complexity index is 195. The summed E-state index contributed by atoms with van der Waals surface area (Å²) in [6.45, 7) is 2.23. The zero-order valence-corrected chi connectivity index (χ0v) is 8.06. The number of thioether (sulfide) groups is 1. The molecule has 2 rings (SSSR count). The van der Waals surface area contributed by atoms with Gasteiger partial charge in [0, 0.05) is 5.25 Å². The second-order valence-electron chi connectivity index (χ2n) is 3.15. The van der Waals surface area contributed by atoms with Gasteiger partial charge < -0.3 is 10.1 Å². The predicted molar refractivity (Wildman–Crippen MR) is 51.7 cm³/mol. The molecular formula is C8H14N2OS. The van der Waals surface area contributed by atoms with Crippen LogP contribution in [0.15, 0.2) is 4.99 Å². The van der Waals surface area contributed by atoms with Gasteiger partial charge in [-0.15, -0.1) is 0 Å². The molecule has 2 atom stereocenters. The fourth-order valence-corrected chi connectivity index (χ4v) is 2.82. The van der Waals surface area contributed by atoms with Crippen LogP contribution < -0.4 is 5.32 Å². The first-order valence-corrected chi connectivity index (χ1v) is 5.27. The van der Waals surface area contributed by atoms with Gasteiger partial charge in [-0.05, 0) is 25.9 Å². The van der Waals surface area contributed by atoms with Crippen LogP contribution in [0.4, 0.5) is 0 Å². The molecule has 1 fully saturated rings. The molecule has 0 radical (unpaired) electrons. The number of rotatable bonds is 0. The molecular weight excluding hydrogens is 172 g/mol. The largest absolute Gasteiger partial charge is 0.476 e. The Labute approximate surface area is 77.0 Å². The third kappa shape index (κ3) is 1.59. The Hall–Kier alpha value is -0.220. The van der Waals surface area contributed by atoms with Crippen LogP contribution in [0.1, 0.15) is 12.8 Å². The van der Waals surface area contributed by atoms with E-state index < -0.39 is 0 Å². The number of ether oxygens (including phenoxy) is 1. The van der Waals surface area contributed by atoms with Gasteiger partial charge in [-0.3, -0.25) is 0 Å². The van der Waals surface area contributed by atoms with Crippen molar-refractivity contribution in [3.8, 4) is 0 Å². The molecule has 12 heavy (non-hydrogen) atoms. The second kappa shape index (κ2) is 3.66. The molecule has 0 spiro atoms. The molecule has 2 heterocycles. The maximum absolute atomic E-state index is 5.14. The van der Waals surface area contributed by atoms with Crippen molar-refractivity contribution in [1.29, 1.82) is 0 Å². The average molecular weight is 186 g/mol. The number of aliphatic imine (C=N–C) groups is 1.